The Morgan fingerprint density at radius 3 is 1.79 bits per heavy atom. The first-order chi connectivity index (χ1) is 8.81. The summed E-state index contributed by atoms with van der Waals surface area (Å²) in [6, 6.07) is 0. The van der Waals surface area contributed by atoms with Gasteiger partial charge in [0, 0.05) is 0 Å². The fourth-order valence-corrected chi connectivity index (χ4v) is 2.11. The van der Waals surface area contributed by atoms with Crippen molar-refractivity contribution >= 4 is 18.5 Å². The molecular formula is C10H14O9. The van der Waals surface area contributed by atoms with Crippen LogP contribution in [0, 0.1) is 5.92 Å². The quantitative estimate of drug-likeness (QED) is 0.518. The van der Waals surface area contributed by atoms with E-state index in [9.17, 15) is 14.4 Å². The molecule has 1 rings (SSSR count). The van der Waals surface area contributed by atoms with Gasteiger partial charge < -0.3 is 29.5 Å². The van der Waals surface area contributed by atoms with E-state index in [-0.39, 0.29) is 12.3 Å². The van der Waals surface area contributed by atoms with Crippen molar-refractivity contribution in [2.75, 3.05) is 0 Å². The highest BCUT2D eigenvalue weighted by atomic mass is 16.7. The maximum absolute atomic E-state index is 10.6. The molecule has 1 saturated carbocycles. The molecule has 1 aliphatic carbocycles. The average Bonchev–Trinajstić information content (AvgIpc) is 2.25. The predicted molar refractivity (Wildman–Crippen MR) is 57.1 cm³/mol. The van der Waals surface area contributed by atoms with Gasteiger partial charge in [0.05, 0.1) is 0 Å². The molecule has 4 unspecified atom stereocenters. The zero-order valence-corrected chi connectivity index (χ0v) is 10.0. The molecule has 0 heterocycles. The number of carbonyl (C=O) groups is 3. The molecule has 108 valence electrons. The Bertz CT molecular complexity index is 366. The summed E-state index contributed by atoms with van der Waals surface area (Å²) in [6.45, 7) is 1.66. The van der Waals surface area contributed by atoms with Crippen LogP contribution >= 0.6 is 0 Å². The Morgan fingerprint density at radius 1 is 0.842 bits per heavy atom. The maximum Gasteiger partial charge on any atom is 0.506 e. The van der Waals surface area contributed by atoms with Crippen molar-refractivity contribution < 1.29 is 43.9 Å². The van der Waals surface area contributed by atoms with Crippen LogP contribution in [0.3, 0.4) is 0 Å². The molecule has 1 fully saturated rings. The van der Waals surface area contributed by atoms with Crippen molar-refractivity contribution in [3.63, 3.8) is 0 Å². The van der Waals surface area contributed by atoms with Crippen molar-refractivity contribution in [2.24, 2.45) is 5.92 Å². The van der Waals surface area contributed by atoms with E-state index in [2.05, 4.69) is 14.2 Å². The van der Waals surface area contributed by atoms with Crippen LogP contribution in [-0.4, -0.2) is 52.1 Å². The molecule has 0 saturated heterocycles. The first-order valence-corrected chi connectivity index (χ1v) is 5.50. The van der Waals surface area contributed by atoms with Crippen LogP contribution in [0.5, 0.6) is 0 Å². The molecule has 9 nitrogen and oxygen atoms in total. The van der Waals surface area contributed by atoms with Gasteiger partial charge in [-0.15, -0.1) is 0 Å². The molecule has 0 aliphatic heterocycles. The normalized spacial score (nSPS) is 30.2. The fourth-order valence-electron chi connectivity index (χ4n) is 2.11. The van der Waals surface area contributed by atoms with Gasteiger partial charge in [-0.25, -0.2) is 14.4 Å². The van der Waals surface area contributed by atoms with Gasteiger partial charge in [0.15, 0.2) is 6.10 Å². The van der Waals surface area contributed by atoms with Crippen LogP contribution in [0.4, 0.5) is 14.4 Å². The van der Waals surface area contributed by atoms with E-state index >= 15 is 0 Å². The van der Waals surface area contributed by atoms with E-state index in [1.165, 1.54) is 0 Å². The van der Waals surface area contributed by atoms with Gasteiger partial charge in [-0.1, -0.05) is 6.92 Å². The summed E-state index contributed by atoms with van der Waals surface area (Å²) in [5.74, 6) is -0.311. The number of carboxylic acid groups (broad SMARTS) is 3. The van der Waals surface area contributed by atoms with E-state index in [1.807, 2.05) is 0 Å². The summed E-state index contributed by atoms with van der Waals surface area (Å²) in [4.78, 5) is 31.7. The second-order valence-corrected chi connectivity index (χ2v) is 4.17. The van der Waals surface area contributed by atoms with E-state index in [4.69, 9.17) is 15.3 Å². The molecule has 9 heteroatoms. The van der Waals surface area contributed by atoms with Gasteiger partial charge in [0.25, 0.3) is 0 Å². The average molecular weight is 278 g/mol. The third kappa shape index (κ3) is 4.19. The van der Waals surface area contributed by atoms with Gasteiger partial charge in [-0.3, -0.25) is 0 Å². The largest absolute Gasteiger partial charge is 0.506 e. The molecule has 3 N–H and O–H groups in total. The maximum atomic E-state index is 10.6. The number of ether oxygens (including phenoxy) is 3. The first kappa shape index (κ1) is 14.9. The zero-order chi connectivity index (χ0) is 14.6. The smallest absolute Gasteiger partial charge is 0.450 e. The van der Waals surface area contributed by atoms with Crippen molar-refractivity contribution in [1.82, 2.24) is 0 Å². The molecule has 0 aromatic rings. The lowest BCUT2D eigenvalue weighted by Gasteiger charge is -2.38. The third-order valence-electron chi connectivity index (χ3n) is 2.88. The second-order valence-electron chi connectivity index (χ2n) is 4.17. The molecule has 1 aliphatic rings. The van der Waals surface area contributed by atoms with Gasteiger partial charge >= 0.3 is 18.5 Å². The molecule has 0 bridgehead atoms. The molecule has 0 aromatic carbocycles. The Labute approximate surface area is 107 Å². The van der Waals surface area contributed by atoms with Crippen LogP contribution < -0.4 is 0 Å². The van der Waals surface area contributed by atoms with Gasteiger partial charge in [0.2, 0.25) is 0 Å². The lowest BCUT2D eigenvalue weighted by molar-refractivity contribution is -0.133. The van der Waals surface area contributed by atoms with Crippen molar-refractivity contribution in [3.05, 3.63) is 0 Å². The monoisotopic (exact) mass is 278 g/mol. The van der Waals surface area contributed by atoms with Crippen molar-refractivity contribution in [3.8, 4) is 0 Å². The van der Waals surface area contributed by atoms with Gasteiger partial charge in [-0.05, 0) is 18.8 Å². The third-order valence-corrected chi connectivity index (χ3v) is 2.88. The SMILES string of the molecule is CC1CCC(OC(=O)O)C(OC(=O)O)C1OC(=O)O. The van der Waals surface area contributed by atoms with Crippen LogP contribution in [0.1, 0.15) is 19.8 Å². The molecule has 4 atom stereocenters. The van der Waals surface area contributed by atoms with Gasteiger partial charge in [0.1, 0.15) is 12.2 Å². The minimum absolute atomic E-state index is 0.227. The summed E-state index contributed by atoms with van der Waals surface area (Å²) in [5.41, 5.74) is 0. The molecule has 19 heavy (non-hydrogen) atoms. The Balaban J connectivity index is 2.89. The summed E-state index contributed by atoms with van der Waals surface area (Å²) < 4.78 is 13.6. The van der Waals surface area contributed by atoms with E-state index in [1.54, 1.807) is 6.92 Å². The number of hydrogen-bond acceptors (Lipinski definition) is 6. The fraction of sp³-hybridized carbons (Fsp3) is 0.700. The van der Waals surface area contributed by atoms with Crippen molar-refractivity contribution in [2.45, 2.75) is 38.1 Å². The molecule has 0 amide bonds. The summed E-state index contributed by atoms with van der Waals surface area (Å²) >= 11 is 0. The highest BCUT2D eigenvalue weighted by molar-refractivity contribution is 5.59. The van der Waals surface area contributed by atoms with E-state index in [0.29, 0.717) is 6.42 Å². The lowest BCUT2D eigenvalue weighted by atomic mass is 9.83. The zero-order valence-electron chi connectivity index (χ0n) is 10.0. The summed E-state index contributed by atoms with van der Waals surface area (Å²) in [6.07, 6.45) is -7.69. The predicted octanol–water partition coefficient (Wildman–Crippen LogP) is 1.61. The highest BCUT2D eigenvalue weighted by Crippen LogP contribution is 2.31. The molecule has 0 aromatic heterocycles. The van der Waals surface area contributed by atoms with Crippen LogP contribution in [0.25, 0.3) is 0 Å². The van der Waals surface area contributed by atoms with E-state index in [0.717, 1.165) is 0 Å². The standard InChI is InChI=1S/C10H14O9/c1-4-2-3-5(17-8(11)12)7(19-10(15)16)6(4)18-9(13)14/h4-7H,2-3H2,1H3,(H,11,12)(H,13,14)(H,15,16). The second kappa shape index (κ2) is 6.12. The summed E-state index contributed by atoms with van der Waals surface area (Å²) in [7, 11) is 0. The van der Waals surface area contributed by atoms with E-state index < -0.39 is 36.8 Å². The van der Waals surface area contributed by atoms with Gasteiger partial charge in [-0.2, -0.15) is 0 Å². The van der Waals surface area contributed by atoms with Crippen LogP contribution in [0.2, 0.25) is 0 Å². The first-order valence-electron chi connectivity index (χ1n) is 5.50. The minimum Gasteiger partial charge on any atom is -0.450 e. The number of rotatable bonds is 3. The number of hydrogen-bond donors (Lipinski definition) is 3. The summed E-state index contributed by atoms with van der Waals surface area (Å²) in [5, 5.41) is 25.8. The minimum atomic E-state index is -1.66. The Morgan fingerprint density at radius 2 is 1.32 bits per heavy atom. The Kier molecular flexibility index (Phi) is 4.79. The van der Waals surface area contributed by atoms with Crippen LogP contribution in [0.15, 0.2) is 0 Å². The topological polar surface area (TPSA) is 140 Å². The molecular weight excluding hydrogens is 264 g/mol. The van der Waals surface area contributed by atoms with Crippen LogP contribution in [-0.2, 0) is 14.2 Å². The Hall–Kier alpha value is -2.19. The molecule has 0 radical (unpaired) electrons. The lowest BCUT2D eigenvalue weighted by Crippen LogP contribution is -2.51. The highest BCUT2D eigenvalue weighted by Gasteiger charge is 2.45. The molecule has 0 spiro atoms. The van der Waals surface area contributed by atoms with Crippen molar-refractivity contribution in [1.29, 1.82) is 0 Å².